The maximum Gasteiger partial charge on any atom is 0.261 e. The molecule has 0 aliphatic heterocycles. The number of carbonyl (C=O) groups is 1. The number of carbonyl (C=O) groups excluding carboxylic acids is 1. The van der Waals surface area contributed by atoms with Crippen LogP contribution in [0.2, 0.25) is 0 Å². The number of thiophene rings is 1. The summed E-state index contributed by atoms with van der Waals surface area (Å²) in [4.78, 5) is 12.7. The zero-order chi connectivity index (χ0) is 14.8. The second-order valence-corrected chi connectivity index (χ2v) is 6.42. The summed E-state index contributed by atoms with van der Waals surface area (Å²) < 4.78 is 1.03. The number of hydrogen-bond donors (Lipinski definition) is 3. The summed E-state index contributed by atoms with van der Waals surface area (Å²) >= 11 is 1.43. The second-order valence-electron chi connectivity index (χ2n) is 5.34. The standard InChI is InChI=1S/C15H20N2O2S/c1-3-6-15(2,19)9-17-14(18)13-8-10-7-11(16)4-5-12(10)20-13/h4-5,7-8,19H,3,6,9,16H2,1-2H3,(H,17,18). The quantitative estimate of drug-likeness (QED) is 0.742. The van der Waals surface area contributed by atoms with E-state index in [0.717, 1.165) is 16.5 Å². The van der Waals surface area contributed by atoms with Gasteiger partial charge in [-0.15, -0.1) is 11.3 Å². The van der Waals surface area contributed by atoms with Crippen molar-refractivity contribution in [3.05, 3.63) is 29.1 Å². The van der Waals surface area contributed by atoms with Gasteiger partial charge in [0.05, 0.1) is 10.5 Å². The first kappa shape index (κ1) is 14.8. The van der Waals surface area contributed by atoms with Crippen LogP contribution >= 0.6 is 11.3 Å². The normalized spacial score (nSPS) is 14.2. The number of amides is 1. The first-order valence-corrected chi connectivity index (χ1v) is 7.52. The number of anilines is 1. The third-order valence-electron chi connectivity index (χ3n) is 3.18. The lowest BCUT2D eigenvalue weighted by atomic mass is 10.0. The van der Waals surface area contributed by atoms with Crippen molar-refractivity contribution in [3.8, 4) is 0 Å². The molecule has 4 N–H and O–H groups in total. The minimum absolute atomic E-state index is 0.152. The fraction of sp³-hybridized carbons (Fsp3) is 0.400. The van der Waals surface area contributed by atoms with Crippen LogP contribution < -0.4 is 11.1 Å². The molecular weight excluding hydrogens is 272 g/mol. The van der Waals surface area contributed by atoms with Crippen molar-refractivity contribution < 1.29 is 9.90 Å². The Morgan fingerprint density at radius 2 is 2.20 bits per heavy atom. The first-order chi connectivity index (χ1) is 9.41. The van der Waals surface area contributed by atoms with Crippen LogP contribution in [0.5, 0.6) is 0 Å². The molecule has 108 valence electrons. The van der Waals surface area contributed by atoms with Gasteiger partial charge in [0.25, 0.3) is 5.91 Å². The topological polar surface area (TPSA) is 75.3 Å². The van der Waals surface area contributed by atoms with Crippen molar-refractivity contribution in [2.45, 2.75) is 32.3 Å². The molecule has 1 atom stereocenters. The maximum atomic E-state index is 12.1. The van der Waals surface area contributed by atoms with Crippen molar-refractivity contribution in [2.24, 2.45) is 0 Å². The van der Waals surface area contributed by atoms with Gasteiger partial charge in [-0.2, -0.15) is 0 Å². The van der Waals surface area contributed by atoms with Crippen molar-refractivity contribution in [3.63, 3.8) is 0 Å². The fourth-order valence-electron chi connectivity index (χ4n) is 2.16. The minimum atomic E-state index is -0.856. The molecule has 2 rings (SSSR count). The highest BCUT2D eigenvalue weighted by atomic mass is 32.1. The Morgan fingerprint density at radius 3 is 2.90 bits per heavy atom. The van der Waals surface area contributed by atoms with Gasteiger partial charge in [-0.1, -0.05) is 13.3 Å². The predicted molar refractivity (Wildman–Crippen MR) is 84.1 cm³/mol. The van der Waals surface area contributed by atoms with Crippen LogP contribution in [0.3, 0.4) is 0 Å². The van der Waals surface area contributed by atoms with Gasteiger partial charge in [-0.05, 0) is 43.0 Å². The van der Waals surface area contributed by atoms with E-state index in [2.05, 4.69) is 5.32 Å². The number of hydrogen-bond acceptors (Lipinski definition) is 4. The number of nitrogens with two attached hydrogens (primary N) is 1. The Hall–Kier alpha value is -1.59. The van der Waals surface area contributed by atoms with E-state index < -0.39 is 5.60 Å². The van der Waals surface area contributed by atoms with Gasteiger partial charge in [-0.25, -0.2) is 0 Å². The van der Waals surface area contributed by atoms with Crippen LogP contribution in [0.15, 0.2) is 24.3 Å². The van der Waals surface area contributed by atoms with Crippen molar-refractivity contribution >= 4 is 33.0 Å². The third kappa shape index (κ3) is 3.49. The van der Waals surface area contributed by atoms with Crippen molar-refractivity contribution in [1.29, 1.82) is 0 Å². The van der Waals surface area contributed by atoms with Crippen LogP contribution in [0.4, 0.5) is 5.69 Å². The molecule has 1 unspecified atom stereocenters. The summed E-state index contributed by atoms with van der Waals surface area (Å²) in [5.74, 6) is -0.152. The molecule has 4 nitrogen and oxygen atoms in total. The Bertz CT molecular complexity index is 619. The number of nitrogens with one attached hydrogen (secondary N) is 1. The lowest BCUT2D eigenvalue weighted by molar-refractivity contribution is 0.0470. The Kier molecular flexibility index (Phi) is 4.30. The Balaban J connectivity index is 2.08. The molecule has 5 heteroatoms. The van der Waals surface area contributed by atoms with E-state index in [1.807, 2.05) is 31.2 Å². The molecule has 0 spiro atoms. The molecule has 0 saturated heterocycles. The second kappa shape index (κ2) is 5.81. The number of aliphatic hydroxyl groups is 1. The van der Waals surface area contributed by atoms with Crippen LogP contribution in [0.1, 0.15) is 36.4 Å². The minimum Gasteiger partial charge on any atom is -0.399 e. The summed E-state index contributed by atoms with van der Waals surface area (Å²) in [6, 6.07) is 7.43. The highest BCUT2D eigenvalue weighted by Gasteiger charge is 2.20. The van der Waals surface area contributed by atoms with E-state index in [4.69, 9.17) is 5.73 Å². The maximum absolute atomic E-state index is 12.1. The summed E-state index contributed by atoms with van der Waals surface area (Å²) in [7, 11) is 0. The van der Waals surface area contributed by atoms with E-state index in [9.17, 15) is 9.90 Å². The predicted octanol–water partition coefficient (Wildman–Crippen LogP) is 2.76. The molecule has 1 aromatic carbocycles. The van der Waals surface area contributed by atoms with E-state index in [-0.39, 0.29) is 12.5 Å². The lowest BCUT2D eigenvalue weighted by Crippen LogP contribution is -2.40. The molecule has 0 fully saturated rings. The SMILES string of the molecule is CCCC(C)(O)CNC(=O)c1cc2cc(N)ccc2s1. The molecule has 1 amide bonds. The summed E-state index contributed by atoms with van der Waals surface area (Å²) in [5.41, 5.74) is 5.56. The van der Waals surface area contributed by atoms with E-state index in [1.165, 1.54) is 11.3 Å². The lowest BCUT2D eigenvalue weighted by Gasteiger charge is -2.22. The number of benzene rings is 1. The molecular formula is C15H20N2O2S. The van der Waals surface area contributed by atoms with Gasteiger partial charge in [0.1, 0.15) is 0 Å². The molecule has 2 aromatic rings. The number of rotatable bonds is 5. The van der Waals surface area contributed by atoms with E-state index in [0.29, 0.717) is 17.0 Å². The van der Waals surface area contributed by atoms with Crippen LogP contribution in [-0.4, -0.2) is 23.2 Å². The largest absolute Gasteiger partial charge is 0.399 e. The summed E-state index contributed by atoms with van der Waals surface area (Å²) in [5, 5.41) is 13.8. The van der Waals surface area contributed by atoms with Crippen molar-refractivity contribution in [1.82, 2.24) is 5.32 Å². The van der Waals surface area contributed by atoms with Gasteiger partial charge in [0.15, 0.2) is 0 Å². The van der Waals surface area contributed by atoms with Crippen LogP contribution in [-0.2, 0) is 0 Å². The molecule has 0 radical (unpaired) electrons. The summed E-state index contributed by atoms with van der Waals surface area (Å²) in [6.07, 6.45) is 1.54. The van der Waals surface area contributed by atoms with E-state index in [1.54, 1.807) is 6.92 Å². The average molecular weight is 292 g/mol. The molecule has 0 saturated carbocycles. The average Bonchev–Trinajstić information content (AvgIpc) is 2.79. The number of fused-ring (bicyclic) bond motifs is 1. The monoisotopic (exact) mass is 292 g/mol. The molecule has 1 aromatic heterocycles. The van der Waals surface area contributed by atoms with Gasteiger partial charge in [0.2, 0.25) is 0 Å². The third-order valence-corrected chi connectivity index (χ3v) is 4.30. The Labute approximate surface area is 122 Å². The van der Waals surface area contributed by atoms with Gasteiger partial charge < -0.3 is 16.2 Å². The zero-order valence-electron chi connectivity index (χ0n) is 11.8. The zero-order valence-corrected chi connectivity index (χ0v) is 12.6. The van der Waals surface area contributed by atoms with Crippen LogP contribution in [0.25, 0.3) is 10.1 Å². The summed E-state index contributed by atoms with van der Waals surface area (Å²) in [6.45, 7) is 4.01. The van der Waals surface area contributed by atoms with Gasteiger partial charge in [-0.3, -0.25) is 4.79 Å². The van der Waals surface area contributed by atoms with Gasteiger partial charge in [0, 0.05) is 16.9 Å². The molecule has 0 aliphatic carbocycles. The molecule has 0 bridgehead atoms. The Morgan fingerprint density at radius 1 is 1.45 bits per heavy atom. The molecule has 1 heterocycles. The highest BCUT2D eigenvalue weighted by molar-refractivity contribution is 7.20. The smallest absolute Gasteiger partial charge is 0.261 e. The van der Waals surface area contributed by atoms with Crippen LogP contribution in [0, 0.1) is 0 Å². The first-order valence-electron chi connectivity index (χ1n) is 6.71. The molecule has 0 aliphatic rings. The number of nitrogen functional groups attached to an aromatic ring is 1. The van der Waals surface area contributed by atoms with Gasteiger partial charge >= 0.3 is 0 Å². The highest BCUT2D eigenvalue weighted by Crippen LogP contribution is 2.27. The fourth-order valence-corrected chi connectivity index (χ4v) is 3.12. The van der Waals surface area contributed by atoms with Crippen molar-refractivity contribution in [2.75, 3.05) is 12.3 Å². The molecule has 20 heavy (non-hydrogen) atoms. The van der Waals surface area contributed by atoms with E-state index >= 15 is 0 Å².